The van der Waals surface area contributed by atoms with Crippen LogP contribution >= 0.6 is 11.3 Å². The maximum Gasteiger partial charge on any atom is 0.318 e. The van der Waals surface area contributed by atoms with E-state index in [1.165, 1.54) is 61.7 Å². The fourth-order valence-electron chi connectivity index (χ4n) is 6.74. The highest BCUT2D eigenvalue weighted by atomic mass is 32.1. The number of halogens is 1. The summed E-state index contributed by atoms with van der Waals surface area (Å²) in [6.45, 7) is 5.35. The summed E-state index contributed by atoms with van der Waals surface area (Å²) in [5, 5.41) is 17.5. The molecule has 3 aromatic rings. The summed E-state index contributed by atoms with van der Waals surface area (Å²) in [4.78, 5) is 14.3. The van der Waals surface area contributed by atoms with E-state index >= 15 is 0 Å². The Balaban J connectivity index is 0.000000449. The number of fused-ring (bicyclic) bond motifs is 4. The van der Waals surface area contributed by atoms with E-state index in [0.717, 1.165) is 47.8 Å². The molecular formula is C30H39FN8OS. The van der Waals surface area contributed by atoms with Gasteiger partial charge in [0.2, 0.25) is 0 Å². The van der Waals surface area contributed by atoms with Gasteiger partial charge in [0.15, 0.2) is 0 Å². The standard InChI is InChI=1S/C25H28FN7OS.C5H11N/c1-34-25-31-20-9-16(8-13-2-5-19(26)21-18(10-27)23(28)35-22(13)21)29-7-6-17(20)24(32-25)33-11-14-3-4-15(12-33)30-14;1-6-4-2-3-5-6/h2,5,14-16,29-30H,3-4,6-9,11-12,28H2,1H3;2-5H2,1H3. The molecule has 4 N–H and O–H groups in total. The number of thiophene rings is 1. The van der Waals surface area contributed by atoms with Gasteiger partial charge >= 0.3 is 6.01 Å². The third-order valence-electron chi connectivity index (χ3n) is 8.80. The first-order valence-electron chi connectivity index (χ1n) is 14.7. The molecule has 2 bridgehead atoms. The second-order valence-corrected chi connectivity index (χ2v) is 12.7. The third-order valence-corrected chi connectivity index (χ3v) is 9.90. The van der Waals surface area contributed by atoms with Gasteiger partial charge in [0, 0.05) is 53.3 Å². The van der Waals surface area contributed by atoms with Gasteiger partial charge in [-0.2, -0.15) is 15.2 Å². The monoisotopic (exact) mass is 578 g/mol. The van der Waals surface area contributed by atoms with Crippen molar-refractivity contribution >= 4 is 32.2 Å². The molecule has 3 fully saturated rings. The summed E-state index contributed by atoms with van der Waals surface area (Å²) in [6.07, 6.45) is 7.48. The molecule has 2 aromatic heterocycles. The van der Waals surface area contributed by atoms with E-state index in [-0.39, 0.29) is 11.6 Å². The van der Waals surface area contributed by atoms with E-state index in [4.69, 9.17) is 20.4 Å². The van der Waals surface area contributed by atoms with Crippen LogP contribution in [0, 0.1) is 17.1 Å². The largest absolute Gasteiger partial charge is 0.467 e. The molecule has 11 heteroatoms. The molecule has 0 aliphatic carbocycles. The Hall–Kier alpha value is -3.04. The van der Waals surface area contributed by atoms with Crippen molar-refractivity contribution in [1.29, 1.82) is 5.26 Å². The van der Waals surface area contributed by atoms with Gasteiger partial charge in [0.25, 0.3) is 0 Å². The number of nitrogens with zero attached hydrogens (tertiary/aromatic N) is 5. The Labute approximate surface area is 244 Å². The van der Waals surface area contributed by atoms with Gasteiger partial charge in [-0.25, -0.2) is 4.39 Å². The Bertz CT molecular complexity index is 1440. The van der Waals surface area contributed by atoms with Crippen molar-refractivity contribution in [3.8, 4) is 12.1 Å². The fourth-order valence-corrected chi connectivity index (χ4v) is 7.80. The SMILES string of the molecule is CN1CCCC1.COc1nc2c(c(N3CC4CCC(C3)N4)n1)CCNC(Cc1ccc(F)c3c(C#N)c(N)sc13)C2. The van der Waals surface area contributed by atoms with Gasteiger partial charge in [-0.05, 0) is 76.8 Å². The van der Waals surface area contributed by atoms with Crippen LogP contribution in [-0.4, -0.2) is 79.9 Å². The first kappa shape index (κ1) is 28.1. The molecule has 1 aromatic carbocycles. The Morgan fingerprint density at radius 3 is 2.61 bits per heavy atom. The minimum atomic E-state index is -0.403. The number of piperazine rings is 1. The normalized spacial score (nSPS) is 24.0. The second-order valence-electron chi connectivity index (χ2n) is 11.7. The lowest BCUT2D eigenvalue weighted by Crippen LogP contribution is -2.51. The molecule has 7 rings (SSSR count). The average molecular weight is 579 g/mol. The number of nitrogen functional groups attached to an aromatic ring is 1. The van der Waals surface area contributed by atoms with Crippen LogP contribution in [-0.2, 0) is 19.3 Å². The van der Waals surface area contributed by atoms with Crippen molar-refractivity contribution in [3.63, 3.8) is 0 Å². The van der Waals surface area contributed by atoms with Gasteiger partial charge < -0.3 is 30.9 Å². The van der Waals surface area contributed by atoms with Gasteiger partial charge in [-0.1, -0.05) is 6.07 Å². The molecule has 0 amide bonds. The van der Waals surface area contributed by atoms with E-state index in [1.807, 2.05) is 6.07 Å². The predicted molar refractivity (Wildman–Crippen MR) is 161 cm³/mol. The van der Waals surface area contributed by atoms with Crippen molar-refractivity contribution in [1.82, 2.24) is 25.5 Å². The van der Waals surface area contributed by atoms with Crippen LogP contribution in [0.5, 0.6) is 6.01 Å². The molecule has 4 aliphatic rings. The molecule has 0 spiro atoms. The molecule has 0 saturated carbocycles. The summed E-state index contributed by atoms with van der Waals surface area (Å²) in [5.74, 6) is 0.598. The minimum Gasteiger partial charge on any atom is -0.467 e. The number of methoxy groups -OCH3 is 1. The molecule has 41 heavy (non-hydrogen) atoms. The van der Waals surface area contributed by atoms with Gasteiger partial charge in [0.1, 0.15) is 22.7 Å². The minimum absolute atomic E-state index is 0.102. The lowest BCUT2D eigenvalue weighted by Gasteiger charge is -2.35. The number of rotatable bonds is 4. The highest BCUT2D eigenvalue weighted by Crippen LogP contribution is 2.38. The lowest BCUT2D eigenvalue weighted by molar-refractivity contribution is 0.375. The molecular weight excluding hydrogens is 539 g/mol. The number of ether oxygens (including phenoxy) is 1. The maximum atomic E-state index is 14.6. The number of hydrogen-bond donors (Lipinski definition) is 3. The quantitative estimate of drug-likeness (QED) is 0.429. The number of nitrogens with two attached hydrogens (primary N) is 1. The van der Waals surface area contributed by atoms with Crippen molar-refractivity contribution in [2.24, 2.45) is 0 Å². The van der Waals surface area contributed by atoms with Gasteiger partial charge in [-0.3, -0.25) is 0 Å². The number of benzene rings is 1. The number of nitriles is 1. The molecule has 218 valence electrons. The van der Waals surface area contributed by atoms with Gasteiger partial charge in [-0.15, -0.1) is 11.3 Å². The zero-order valence-corrected chi connectivity index (χ0v) is 24.7. The van der Waals surface area contributed by atoms with Crippen molar-refractivity contribution in [3.05, 3.63) is 40.3 Å². The Morgan fingerprint density at radius 1 is 1.20 bits per heavy atom. The van der Waals surface area contributed by atoms with Crippen LogP contribution < -0.4 is 26.0 Å². The highest BCUT2D eigenvalue weighted by molar-refractivity contribution is 7.23. The van der Waals surface area contributed by atoms with Crippen LogP contribution in [0.15, 0.2) is 12.1 Å². The van der Waals surface area contributed by atoms with E-state index in [9.17, 15) is 9.65 Å². The average Bonchev–Trinajstić information content (AvgIpc) is 3.64. The van der Waals surface area contributed by atoms with Crippen molar-refractivity contribution in [2.45, 2.75) is 63.1 Å². The first-order chi connectivity index (χ1) is 19.9. The van der Waals surface area contributed by atoms with E-state index in [2.05, 4.69) is 33.6 Å². The molecule has 0 radical (unpaired) electrons. The molecule has 3 unspecified atom stereocenters. The number of nitrogens with one attached hydrogen (secondary N) is 2. The van der Waals surface area contributed by atoms with Crippen LogP contribution in [0.1, 0.15) is 48.1 Å². The Kier molecular flexibility index (Phi) is 8.26. The summed E-state index contributed by atoms with van der Waals surface area (Å²) in [5.41, 5.74) is 9.46. The van der Waals surface area contributed by atoms with Crippen LogP contribution in [0.25, 0.3) is 10.1 Å². The van der Waals surface area contributed by atoms with Crippen molar-refractivity contribution < 1.29 is 9.13 Å². The maximum absolute atomic E-state index is 14.6. The first-order valence-corrected chi connectivity index (χ1v) is 15.5. The summed E-state index contributed by atoms with van der Waals surface area (Å²) in [7, 11) is 3.79. The Morgan fingerprint density at radius 2 is 1.95 bits per heavy atom. The fraction of sp³-hybridized carbons (Fsp3) is 0.567. The highest BCUT2D eigenvalue weighted by Gasteiger charge is 2.35. The number of aromatic nitrogens is 2. The topological polar surface area (TPSA) is 115 Å². The summed E-state index contributed by atoms with van der Waals surface area (Å²) < 4.78 is 20.8. The predicted octanol–water partition coefficient (Wildman–Crippen LogP) is 3.24. The molecule has 6 heterocycles. The van der Waals surface area contributed by atoms with Crippen LogP contribution in [0.4, 0.5) is 15.2 Å². The van der Waals surface area contributed by atoms with Gasteiger partial charge in [0.05, 0.1) is 18.4 Å². The van der Waals surface area contributed by atoms with Crippen LogP contribution in [0.2, 0.25) is 0 Å². The van der Waals surface area contributed by atoms with Crippen LogP contribution in [0.3, 0.4) is 0 Å². The summed E-state index contributed by atoms with van der Waals surface area (Å²) in [6, 6.07) is 6.85. The molecule has 9 nitrogen and oxygen atoms in total. The zero-order valence-electron chi connectivity index (χ0n) is 23.9. The second kappa shape index (κ2) is 12.1. The molecule has 4 aliphatic heterocycles. The number of hydrogen-bond acceptors (Lipinski definition) is 10. The van der Waals surface area contributed by atoms with E-state index < -0.39 is 5.82 Å². The number of likely N-dealkylation sites (tertiary alicyclic amines) is 1. The van der Waals surface area contributed by atoms with E-state index in [1.54, 1.807) is 7.11 Å². The summed E-state index contributed by atoms with van der Waals surface area (Å²) >= 11 is 1.29. The molecule has 3 atom stereocenters. The number of anilines is 2. The zero-order chi connectivity index (χ0) is 28.5. The smallest absolute Gasteiger partial charge is 0.318 e. The lowest BCUT2D eigenvalue weighted by atomic mass is 9.98. The third kappa shape index (κ3) is 5.84. The van der Waals surface area contributed by atoms with E-state index in [0.29, 0.717) is 41.3 Å². The molecule has 3 saturated heterocycles. The van der Waals surface area contributed by atoms with Crippen molar-refractivity contribution in [2.75, 3.05) is 57.5 Å².